The Kier molecular flexibility index (Phi) is 3.48. The molecule has 3 rings (SSSR count). The summed E-state index contributed by atoms with van der Waals surface area (Å²) in [6, 6.07) is 14.2. The van der Waals surface area contributed by atoms with Crippen LogP contribution in [0.1, 0.15) is 5.56 Å². The molecule has 100 valence electrons. The van der Waals surface area contributed by atoms with Crippen LogP contribution in [-0.4, -0.2) is 10.2 Å². The monoisotopic (exact) mass is 287 g/mol. The number of hydrogen-bond acceptors (Lipinski definition) is 3. The number of hydrogen-bond donors (Lipinski definition) is 1. The first-order valence-electron chi connectivity index (χ1n) is 6.14. The van der Waals surface area contributed by atoms with Gasteiger partial charge >= 0.3 is 0 Å². The average molecular weight is 288 g/mol. The largest absolute Gasteiger partial charge is 0.364 e. The standard InChI is InChI=1S/C15H11ClFN3/c16-14-11-6-2-3-7-12(11)15(20-19-14)18-9-10-5-1-4-8-13(10)17/h1-8H,9H2,(H,18,20). The van der Waals surface area contributed by atoms with Crippen LogP contribution < -0.4 is 5.32 Å². The van der Waals surface area contributed by atoms with Crippen molar-refractivity contribution < 1.29 is 4.39 Å². The molecule has 0 aliphatic rings. The van der Waals surface area contributed by atoms with E-state index in [-0.39, 0.29) is 5.82 Å². The van der Waals surface area contributed by atoms with Crippen LogP contribution in [0.4, 0.5) is 10.2 Å². The van der Waals surface area contributed by atoms with Crippen molar-refractivity contribution in [3.8, 4) is 0 Å². The number of halogens is 2. The fourth-order valence-electron chi connectivity index (χ4n) is 2.02. The molecule has 0 spiro atoms. The van der Waals surface area contributed by atoms with Crippen molar-refractivity contribution in [3.05, 3.63) is 65.1 Å². The summed E-state index contributed by atoms with van der Waals surface area (Å²) in [5.41, 5.74) is 0.577. The molecule has 0 aliphatic heterocycles. The van der Waals surface area contributed by atoms with Crippen molar-refractivity contribution in [1.29, 1.82) is 0 Å². The molecule has 1 heterocycles. The van der Waals surface area contributed by atoms with Crippen LogP contribution in [0.25, 0.3) is 10.8 Å². The Morgan fingerprint density at radius 1 is 0.950 bits per heavy atom. The maximum atomic E-state index is 13.6. The number of rotatable bonds is 3. The molecule has 2 aromatic carbocycles. The van der Waals surface area contributed by atoms with Crippen LogP contribution in [0.5, 0.6) is 0 Å². The molecule has 0 saturated heterocycles. The van der Waals surface area contributed by atoms with E-state index in [0.29, 0.717) is 23.1 Å². The lowest BCUT2D eigenvalue weighted by atomic mass is 10.2. The summed E-state index contributed by atoms with van der Waals surface area (Å²) in [5.74, 6) is 0.347. The maximum absolute atomic E-state index is 13.6. The molecule has 3 aromatic rings. The molecule has 20 heavy (non-hydrogen) atoms. The second-order valence-electron chi connectivity index (χ2n) is 4.33. The number of fused-ring (bicyclic) bond motifs is 1. The van der Waals surface area contributed by atoms with Crippen molar-refractivity contribution in [2.24, 2.45) is 0 Å². The SMILES string of the molecule is Fc1ccccc1CNc1nnc(Cl)c2ccccc12. The molecule has 0 unspecified atom stereocenters. The Labute approximate surface area is 120 Å². The topological polar surface area (TPSA) is 37.8 Å². The highest BCUT2D eigenvalue weighted by molar-refractivity contribution is 6.34. The predicted octanol–water partition coefficient (Wildman–Crippen LogP) is 4.03. The molecule has 3 nitrogen and oxygen atoms in total. The van der Waals surface area contributed by atoms with Crippen LogP contribution in [-0.2, 0) is 6.54 Å². The van der Waals surface area contributed by atoms with Crippen molar-refractivity contribution in [2.45, 2.75) is 6.54 Å². The van der Waals surface area contributed by atoms with Crippen LogP contribution in [0.2, 0.25) is 5.15 Å². The third kappa shape index (κ3) is 2.42. The van der Waals surface area contributed by atoms with Crippen LogP contribution in [0.15, 0.2) is 48.5 Å². The van der Waals surface area contributed by atoms with E-state index in [0.717, 1.165) is 10.8 Å². The molecule has 5 heteroatoms. The first kappa shape index (κ1) is 12.8. The highest BCUT2D eigenvalue weighted by atomic mass is 35.5. The Morgan fingerprint density at radius 3 is 2.45 bits per heavy atom. The Hall–Kier alpha value is -2.20. The van der Waals surface area contributed by atoms with Gasteiger partial charge in [0.1, 0.15) is 5.82 Å². The molecule has 0 amide bonds. The number of nitrogens with zero attached hydrogens (tertiary/aromatic N) is 2. The lowest BCUT2D eigenvalue weighted by Gasteiger charge is -2.09. The smallest absolute Gasteiger partial charge is 0.159 e. The molecule has 1 N–H and O–H groups in total. The highest BCUT2D eigenvalue weighted by Crippen LogP contribution is 2.25. The van der Waals surface area contributed by atoms with E-state index in [1.54, 1.807) is 18.2 Å². The van der Waals surface area contributed by atoms with Crippen molar-refractivity contribution >= 4 is 28.2 Å². The van der Waals surface area contributed by atoms with E-state index in [9.17, 15) is 4.39 Å². The average Bonchev–Trinajstić information content (AvgIpc) is 2.48. The minimum Gasteiger partial charge on any atom is -0.364 e. The highest BCUT2D eigenvalue weighted by Gasteiger charge is 2.08. The van der Waals surface area contributed by atoms with Crippen LogP contribution in [0.3, 0.4) is 0 Å². The first-order valence-corrected chi connectivity index (χ1v) is 6.51. The second kappa shape index (κ2) is 5.43. The minimum atomic E-state index is -0.244. The number of benzene rings is 2. The van der Waals surface area contributed by atoms with Gasteiger partial charge in [0.25, 0.3) is 0 Å². The molecule has 1 aromatic heterocycles. The second-order valence-corrected chi connectivity index (χ2v) is 4.69. The molecule has 0 atom stereocenters. The molecule has 0 saturated carbocycles. The lowest BCUT2D eigenvalue weighted by Crippen LogP contribution is -2.05. The lowest BCUT2D eigenvalue weighted by molar-refractivity contribution is 0.613. The van der Waals surface area contributed by atoms with Gasteiger partial charge in [-0.1, -0.05) is 54.1 Å². The summed E-state index contributed by atoms with van der Waals surface area (Å²) in [6.45, 7) is 0.340. The zero-order valence-electron chi connectivity index (χ0n) is 10.5. The molecule has 0 radical (unpaired) electrons. The van der Waals surface area contributed by atoms with Gasteiger partial charge in [-0.05, 0) is 6.07 Å². The zero-order valence-corrected chi connectivity index (χ0v) is 11.2. The molecular weight excluding hydrogens is 277 g/mol. The van der Waals surface area contributed by atoms with E-state index in [1.165, 1.54) is 6.07 Å². The Morgan fingerprint density at radius 2 is 1.65 bits per heavy atom. The minimum absolute atomic E-state index is 0.244. The van der Waals surface area contributed by atoms with Gasteiger partial charge < -0.3 is 5.32 Å². The van der Waals surface area contributed by atoms with Crippen molar-refractivity contribution in [2.75, 3.05) is 5.32 Å². The molecule has 0 aliphatic carbocycles. The quantitative estimate of drug-likeness (QED) is 0.790. The molecule has 0 fully saturated rings. The van der Waals surface area contributed by atoms with Crippen LogP contribution in [0, 0.1) is 5.82 Å². The summed E-state index contributed by atoms with van der Waals surface area (Å²) < 4.78 is 13.6. The first-order chi connectivity index (χ1) is 9.75. The maximum Gasteiger partial charge on any atom is 0.159 e. The normalized spacial score (nSPS) is 10.7. The molecule has 0 bridgehead atoms. The van der Waals surface area contributed by atoms with Gasteiger partial charge in [-0.15, -0.1) is 10.2 Å². The fourth-order valence-corrected chi connectivity index (χ4v) is 2.23. The van der Waals surface area contributed by atoms with Gasteiger partial charge in [-0.2, -0.15) is 0 Å². The van der Waals surface area contributed by atoms with Gasteiger partial charge in [0.05, 0.1) is 0 Å². The Balaban J connectivity index is 1.92. The number of nitrogens with one attached hydrogen (secondary N) is 1. The van der Waals surface area contributed by atoms with Crippen molar-refractivity contribution in [3.63, 3.8) is 0 Å². The fraction of sp³-hybridized carbons (Fsp3) is 0.0667. The summed E-state index contributed by atoms with van der Waals surface area (Å²) in [6.07, 6.45) is 0. The van der Waals surface area contributed by atoms with E-state index in [4.69, 9.17) is 11.6 Å². The van der Waals surface area contributed by atoms with Gasteiger partial charge in [-0.25, -0.2) is 4.39 Å². The zero-order chi connectivity index (χ0) is 13.9. The van der Waals surface area contributed by atoms with Crippen LogP contribution >= 0.6 is 11.6 Å². The van der Waals surface area contributed by atoms with Crippen molar-refractivity contribution in [1.82, 2.24) is 10.2 Å². The summed E-state index contributed by atoms with van der Waals surface area (Å²) >= 11 is 6.01. The van der Waals surface area contributed by atoms with Gasteiger partial charge in [-0.3, -0.25) is 0 Å². The summed E-state index contributed by atoms with van der Waals surface area (Å²) in [7, 11) is 0. The third-order valence-corrected chi connectivity index (χ3v) is 3.33. The predicted molar refractivity (Wildman–Crippen MR) is 78.3 cm³/mol. The van der Waals surface area contributed by atoms with E-state index >= 15 is 0 Å². The van der Waals surface area contributed by atoms with Gasteiger partial charge in [0, 0.05) is 22.9 Å². The summed E-state index contributed by atoms with van der Waals surface area (Å²) in [5, 5.41) is 13.1. The number of aromatic nitrogens is 2. The van der Waals surface area contributed by atoms with Gasteiger partial charge in [0.15, 0.2) is 11.0 Å². The molecular formula is C15H11ClFN3. The van der Waals surface area contributed by atoms with E-state index in [1.807, 2.05) is 24.3 Å². The van der Waals surface area contributed by atoms with Gasteiger partial charge in [0.2, 0.25) is 0 Å². The van der Waals surface area contributed by atoms with E-state index in [2.05, 4.69) is 15.5 Å². The number of anilines is 1. The Bertz CT molecular complexity index is 761. The summed E-state index contributed by atoms with van der Waals surface area (Å²) in [4.78, 5) is 0. The van der Waals surface area contributed by atoms with E-state index < -0.39 is 0 Å². The third-order valence-electron chi connectivity index (χ3n) is 3.05.